The summed E-state index contributed by atoms with van der Waals surface area (Å²) in [5, 5.41) is 11.3. The van der Waals surface area contributed by atoms with Crippen molar-refractivity contribution in [2.24, 2.45) is 11.8 Å². The van der Waals surface area contributed by atoms with Crippen LogP contribution < -0.4 is 21.3 Å². The Bertz CT molecular complexity index is 1330. The van der Waals surface area contributed by atoms with E-state index in [0.29, 0.717) is 44.0 Å². The molecule has 0 radical (unpaired) electrons. The maximum Gasteiger partial charge on any atom is 0.307 e. The van der Waals surface area contributed by atoms with Crippen LogP contribution >= 0.6 is 0 Å². The van der Waals surface area contributed by atoms with Gasteiger partial charge in [0.15, 0.2) is 17.4 Å². The van der Waals surface area contributed by atoms with Gasteiger partial charge in [0.05, 0.1) is 17.3 Å². The monoisotopic (exact) mass is 524 g/mol. The molecule has 2 unspecified atom stereocenters. The van der Waals surface area contributed by atoms with Crippen LogP contribution in [0.5, 0.6) is 5.75 Å². The first kappa shape index (κ1) is 27.3. The van der Waals surface area contributed by atoms with Gasteiger partial charge in [0.1, 0.15) is 6.61 Å². The third-order valence-electron chi connectivity index (χ3n) is 7.28. The normalized spacial score (nSPS) is 15.2. The lowest BCUT2D eigenvalue weighted by Crippen LogP contribution is -2.31. The van der Waals surface area contributed by atoms with Crippen LogP contribution in [-0.4, -0.2) is 35.7 Å². The van der Waals surface area contributed by atoms with Gasteiger partial charge in [-0.05, 0) is 48.2 Å². The molecule has 0 saturated heterocycles. The van der Waals surface area contributed by atoms with E-state index in [4.69, 9.17) is 16.3 Å². The highest BCUT2D eigenvalue weighted by atomic mass is 19.1. The predicted molar refractivity (Wildman–Crippen MR) is 144 cm³/mol. The van der Waals surface area contributed by atoms with E-state index in [-0.39, 0.29) is 22.8 Å². The highest BCUT2D eigenvalue weighted by Gasteiger charge is 2.31. The Morgan fingerprint density at radius 3 is 2.68 bits per heavy atom. The van der Waals surface area contributed by atoms with Gasteiger partial charge < -0.3 is 20.6 Å². The maximum absolute atomic E-state index is 15.6. The molecule has 0 fully saturated rings. The smallest absolute Gasteiger partial charge is 0.307 e. The van der Waals surface area contributed by atoms with Gasteiger partial charge in [0.25, 0.3) is 0 Å². The molecule has 3 aromatic carbocycles. The van der Waals surface area contributed by atoms with Gasteiger partial charge in [-0.25, -0.2) is 14.6 Å². The van der Waals surface area contributed by atoms with Gasteiger partial charge in [-0.3, -0.25) is 9.69 Å². The van der Waals surface area contributed by atoms with Crippen molar-refractivity contribution in [3.63, 3.8) is 0 Å². The van der Waals surface area contributed by atoms with Crippen molar-refractivity contribution < 1.29 is 23.4 Å². The average Bonchev–Trinajstić information content (AvgIpc) is 3.10. The number of carbonyl (C=O) groups is 1. The molecule has 4 rings (SSSR count). The molecule has 9 heteroatoms. The van der Waals surface area contributed by atoms with Crippen LogP contribution in [0.25, 0.3) is 0 Å². The minimum absolute atomic E-state index is 0.114. The first-order valence-electron chi connectivity index (χ1n) is 12.7. The Balaban J connectivity index is 1.71. The fraction of sp³-hybridized carbons (Fsp3) is 0.345. The minimum Gasteiger partial charge on any atom is -0.489 e. The molecular formula is C29H34F2N4O3. The van der Waals surface area contributed by atoms with Gasteiger partial charge in [-0.15, -0.1) is 0 Å². The van der Waals surface area contributed by atoms with Crippen LogP contribution in [-0.2, 0) is 17.9 Å². The van der Waals surface area contributed by atoms with E-state index in [1.807, 2.05) is 38.1 Å². The number of carboxylic acids is 1. The number of nitrogens with zero attached hydrogens (tertiary/aromatic N) is 2. The lowest BCUT2D eigenvalue weighted by molar-refractivity contribution is -0.141. The molecule has 0 aromatic heterocycles. The van der Waals surface area contributed by atoms with Gasteiger partial charge in [-0.2, -0.15) is 0 Å². The van der Waals surface area contributed by atoms with Gasteiger partial charge in [0.2, 0.25) is 0 Å². The molecule has 7 nitrogen and oxygen atoms in total. The number of rotatable bonds is 8. The van der Waals surface area contributed by atoms with Gasteiger partial charge >= 0.3 is 5.97 Å². The first-order valence-corrected chi connectivity index (χ1v) is 12.7. The second-order valence-corrected chi connectivity index (χ2v) is 9.77. The lowest BCUT2D eigenvalue weighted by Gasteiger charge is -2.27. The molecule has 0 spiro atoms. The van der Waals surface area contributed by atoms with E-state index in [2.05, 4.69) is 4.90 Å². The molecule has 0 saturated carbocycles. The number of fused-ring (bicyclic) bond motifs is 1. The predicted octanol–water partition coefficient (Wildman–Crippen LogP) is 4.80. The van der Waals surface area contributed by atoms with Crippen LogP contribution in [0.4, 0.5) is 20.2 Å². The number of hydrazine groups is 1. The summed E-state index contributed by atoms with van der Waals surface area (Å²) in [6.45, 7) is 7.77. The van der Waals surface area contributed by atoms with Crippen molar-refractivity contribution in [3.05, 3.63) is 88.0 Å². The van der Waals surface area contributed by atoms with Crippen LogP contribution in [0.2, 0.25) is 0 Å². The van der Waals surface area contributed by atoms with E-state index in [1.54, 1.807) is 25.1 Å². The number of para-hydroxylation sites is 1. The molecular weight excluding hydrogens is 490 g/mol. The van der Waals surface area contributed by atoms with E-state index in [1.165, 1.54) is 11.1 Å². The summed E-state index contributed by atoms with van der Waals surface area (Å²) in [5.74, 6) is 2.43. The van der Waals surface area contributed by atoms with Crippen molar-refractivity contribution in [2.45, 2.75) is 39.8 Å². The van der Waals surface area contributed by atoms with Crippen LogP contribution in [0.1, 0.15) is 47.6 Å². The molecule has 2 atom stereocenters. The Morgan fingerprint density at radius 1 is 1.21 bits per heavy atom. The van der Waals surface area contributed by atoms with E-state index in [0.717, 1.165) is 16.7 Å². The van der Waals surface area contributed by atoms with Gasteiger partial charge in [0, 0.05) is 37.7 Å². The number of benzene rings is 3. The van der Waals surface area contributed by atoms with Crippen molar-refractivity contribution in [3.8, 4) is 5.75 Å². The van der Waals surface area contributed by atoms with E-state index in [9.17, 15) is 14.3 Å². The first-order chi connectivity index (χ1) is 18.1. The Kier molecular flexibility index (Phi) is 8.18. The average molecular weight is 525 g/mol. The molecule has 1 aliphatic rings. The summed E-state index contributed by atoms with van der Waals surface area (Å²) in [4.78, 5) is 14.3. The lowest BCUT2D eigenvalue weighted by atomic mass is 9.80. The number of nitrogens with two attached hydrogens (primary N) is 2. The quantitative estimate of drug-likeness (QED) is 0.221. The second kappa shape index (κ2) is 11.4. The Morgan fingerprint density at radius 2 is 1.97 bits per heavy atom. The minimum atomic E-state index is -1.04. The SMILES string of the molecule is CCN(N)c1ccc(C(c2ccc(C)c(CN3CCOc4c(F)cccc4C3)c2)C(C)C(=O)O)c(F)c1N. The summed E-state index contributed by atoms with van der Waals surface area (Å²) in [7, 11) is 0. The van der Waals surface area contributed by atoms with E-state index >= 15 is 4.39 Å². The molecule has 5 N–H and O–H groups in total. The maximum atomic E-state index is 15.6. The zero-order chi connectivity index (χ0) is 27.6. The number of anilines is 2. The highest BCUT2D eigenvalue weighted by molar-refractivity contribution is 5.74. The summed E-state index contributed by atoms with van der Waals surface area (Å²) >= 11 is 0. The molecule has 202 valence electrons. The third-order valence-corrected chi connectivity index (χ3v) is 7.28. The number of nitrogen functional groups attached to an aromatic ring is 1. The summed E-state index contributed by atoms with van der Waals surface area (Å²) in [6.07, 6.45) is 0. The van der Waals surface area contributed by atoms with Gasteiger partial charge in [-0.1, -0.05) is 43.3 Å². The number of aryl methyl sites for hydroxylation is 1. The van der Waals surface area contributed by atoms with Crippen molar-refractivity contribution in [2.75, 3.05) is 30.4 Å². The molecule has 1 heterocycles. The third kappa shape index (κ3) is 5.44. The number of halogens is 2. The highest BCUT2D eigenvalue weighted by Crippen LogP contribution is 2.39. The second-order valence-electron chi connectivity index (χ2n) is 9.77. The molecule has 1 aliphatic heterocycles. The number of ether oxygens (including phenoxy) is 1. The Hall–Kier alpha value is -3.69. The zero-order valence-corrected chi connectivity index (χ0v) is 21.9. The summed E-state index contributed by atoms with van der Waals surface area (Å²) in [6, 6.07) is 13.8. The molecule has 0 aliphatic carbocycles. The number of hydrogen-bond donors (Lipinski definition) is 3. The van der Waals surface area contributed by atoms with Crippen molar-refractivity contribution in [1.82, 2.24) is 4.90 Å². The zero-order valence-electron chi connectivity index (χ0n) is 21.9. The number of carboxylic acid groups (broad SMARTS) is 1. The van der Waals surface area contributed by atoms with Crippen molar-refractivity contribution >= 4 is 17.3 Å². The molecule has 0 bridgehead atoms. The van der Waals surface area contributed by atoms with Crippen LogP contribution in [0.3, 0.4) is 0 Å². The van der Waals surface area contributed by atoms with Crippen molar-refractivity contribution in [1.29, 1.82) is 0 Å². The fourth-order valence-corrected chi connectivity index (χ4v) is 5.01. The standard InChI is InChI=1S/C29H34F2N4O3/c1-4-35(33)24-11-10-22(26(31)27(24)32)25(18(3)29(36)37)19-9-8-17(2)21(14-19)16-34-12-13-38-28-20(15-34)6-5-7-23(28)30/h5-11,14,18,25H,4,12-13,15-16,32-33H2,1-3H3,(H,36,37). The number of aliphatic carboxylic acids is 1. The molecule has 0 amide bonds. The summed E-state index contributed by atoms with van der Waals surface area (Å²) in [5.41, 5.74) is 9.96. The largest absolute Gasteiger partial charge is 0.489 e. The van der Waals surface area contributed by atoms with Crippen LogP contribution in [0.15, 0.2) is 48.5 Å². The fourth-order valence-electron chi connectivity index (χ4n) is 5.01. The summed E-state index contributed by atoms with van der Waals surface area (Å²) < 4.78 is 35.5. The number of hydrogen-bond acceptors (Lipinski definition) is 6. The van der Waals surface area contributed by atoms with E-state index < -0.39 is 23.6 Å². The van der Waals surface area contributed by atoms with Crippen LogP contribution in [0, 0.1) is 24.5 Å². The Labute approximate surface area is 221 Å². The topological polar surface area (TPSA) is 105 Å². The molecule has 3 aromatic rings. The molecule has 38 heavy (non-hydrogen) atoms.